The van der Waals surface area contributed by atoms with Crippen molar-refractivity contribution in [3.8, 4) is 0 Å². The van der Waals surface area contributed by atoms with Crippen LogP contribution in [-0.2, 0) is 23.9 Å². The van der Waals surface area contributed by atoms with Gasteiger partial charge in [0.15, 0.2) is 0 Å². The van der Waals surface area contributed by atoms with Crippen molar-refractivity contribution in [3.63, 3.8) is 0 Å². The molecule has 0 spiro atoms. The molecule has 0 aliphatic carbocycles. The number of carbonyl (C=O) groups is 4. The Morgan fingerprint density at radius 2 is 2.04 bits per heavy atom. The van der Waals surface area contributed by atoms with Crippen molar-refractivity contribution < 1.29 is 33.8 Å². The molecule has 7 N–H and O–H groups in total. The molecule has 0 saturated heterocycles. The molecule has 0 radical (unpaired) electrons. The highest BCUT2D eigenvalue weighted by atomic mass is 32.2. The van der Waals surface area contributed by atoms with E-state index in [1.165, 1.54) is 0 Å². The summed E-state index contributed by atoms with van der Waals surface area (Å²) in [5, 5.41) is 13.2. The van der Waals surface area contributed by atoms with E-state index in [0.29, 0.717) is 0 Å². The van der Waals surface area contributed by atoms with E-state index in [-0.39, 0.29) is 23.6 Å². The molecular formula is C12H18N4O7S. The van der Waals surface area contributed by atoms with Gasteiger partial charge >= 0.3 is 12.1 Å². The molecule has 0 aromatic carbocycles. The van der Waals surface area contributed by atoms with Crippen LogP contribution in [0.4, 0.5) is 4.79 Å². The molecule has 2 unspecified atom stereocenters. The summed E-state index contributed by atoms with van der Waals surface area (Å²) in [4.78, 5) is 45.3. The number of ether oxygens (including phenoxy) is 2. The van der Waals surface area contributed by atoms with Gasteiger partial charge in [-0.2, -0.15) is 0 Å². The first-order valence-corrected chi connectivity index (χ1v) is 7.58. The number of carboxylic acids is 1. The molecule has 1 aliphatic rings. The van der Waals surface area contributed by atoms with E-state index in [9.17, 15) is 24.3 Å². The number of aliphatic carboxylic acids is 1. The highest BCUT2D eigenvalue weighted by Gasteiger charge is 2.49. The minimum absolute atomic E-state index is 0.0740. The fourth-order valence-electron chi connectivity index (χ4n) is 2.01. The van der Waals surface area contributed by atoms with Crippen molar-refractivity contribution in [1.29, 1.82) is 0 Å². The van der Waals surface area contributed by atoms with Crippen LogP contribution in [0, 0.1) is 0 Å². The van der Waals surface area contributed by atoms with Crippen LogP contribution in [-0.4, -0.2) is 59.6 Å². The van der Waals surface area contributed by atoms with Crippen LogP contribution in [0.25, 0.3) is 0 Å². The lowest BCUT2D eigenvalue weighted by molar-refractivity contribution is -0.151. The van der Waals surface area contributed by atoms with Gasteiger partial charge in [0.1, 0.15) is 17.7 Å². The normalized spacial score (nSPS) is 19.7. The van der Waals surface area contributed by atoms with Gasteiger partial charge in [-0.15, -0.1) is 11.8 Å². The predicted molar refractivity (Wildman–Crippen MR) is 82.3 cm³/mol. The van der Waals surface area contributed by atoms with Crippen LogP contribution in [0.3, 0.4) is 0 Å². The van der Waals surface area contributed by atoms with E-state index in [2.05, 4.69) is 15.4 Å². The number of nitrogens with one attached hydrogen (secondary N) is 2. The van der Waals surface area contributed by atoms with Crippen molar-refractivity contribution >= 4 is 35.6 Å². The Morgan fingerprint density at radius 1 is 1.42 bits per heavy atom. The van der Waals surface area contributed by atoms with Crippen molar-refractivity contribution in [1.82, 2.24) is 10.6 Å². The maximum atomic E-state index is 11.8. The smallest absolute Gasteiger partial charge is 0.404 e. The fraction of sp³-hybridized carbons (Fsp3) is 0.500. The minimum Gasteiger partial charge on any atom is -0.477 e. The van der Waals surface area contributed by atoms with E-state index in [1.54, 1.807) is 0 Å². The molecule has 12 heteroatoms. The van der Waals surface area contributed by atoms with E-state index in [4.69, 9.17) is 16.2 Å². The Morgan fingerprint density at radius 3 is 2.46 bits per heavy atom. The minimum atomic E-state index is -1.97. The highest BCUT2D eigenvalue weighted by molar-refractivity contribution is 8.00. The molecule has 2 atom stereocenters. The number of carboxylic acid groups (broad SMARTS) is 1. The van der Waals surface area contributed by atoms with Crippen LogP contribution >= 0.6 is 11.8 Å². The first-order valence-electron chi connectivity index (χ1n) is 6.53. The van der Waals surface area contributed by atoms with Crippen LogP contribution in [0.1, 0.15) is 6.92 Å². The fourth-order valence-corrected chi connectivity index (χ4v) is 3.31. The summed E-state index contributed by atoms with van der Waals surface area (Å²) in [5.74, 6) is -2.88. The number of hydrogen-bond donors (Lipinski definition) is 5. The van der Waals surface area contributed by atoms with Crippen molar-refractivity contribution in [2.45, 2.75) is 18.0 Å². The second kappa shape index (κ2) is 7.88. The second-order valence-corrected chi connectivity index (χ2v) is 5.81. The summed E-state index contributed by atoms with van der Waals surface area (Å²) < 4.78 is 9.69. The summed E-state index contributed by atoms with van der Waals surface area (Å²) in [6.45, 7) is 0.824. The Bertz CT molecular complexity index is 594. The van der Waals surface area contributed by atoms with Gasteiger partial charge in [-0.3, -0.25) is 9.59 Å². The first-order chi connectivity index (χ1) is 11.1. The zero-order valence-electron chi connectivity index (χ0n) is 13.0. The van der Waals surface area contributed by atoms with E-state index >= 15 is 0 Å². The maximum absolute atomic E-state index is 11.8. The molecule has 1 rings (SSSR count). The van der Waals surface area contributed by atoms with Crippen LogP contribution in [0.2, 0.25) is 0 Å². The van der Waals surface area contributed by atoms with Gasteiger partial charge < -0.3 is 36.7 Å². The van der Waals surface area contributed by atoms with Gasteiger partial charge in [0, 0.05) is 25.4 Å². The average Bonchev–Trinajstić information content (AvgIpc) is 2.49. The number of hydrogen-bond acceptors (Lipinski definition) is 8. The third kappa shape index (κ3) is 4.29. The number of nitrogens with two attached hydrogens (primary N) is 2. The SMILES string of the molecule is COC(NC(C)=O)(C(N)=O)C1NC(C(=O)O)=C(COC(N)=O)CS1. The number of carbonyl (C=O) groups excluding carboxylic acids is 3. The quantitative estimate of drug-likeness (QED) is 0.321. The second-order valence-electron chi connectivity index (χ2n) is 4.71. The van der Waals surface area contributed by atoms with Crippen LogP contribution < -0.4 is 22.1 Å². The number of primary amides is 2. The summed E-state index contributed by atoms with van der Waals surface area (Å²) >= 11 is 1.04. The maximum Gasteiger partial charge on any atom is 0.404 e. The molecule has 134 valence electrons. The number of methoxy groups -OCH3 is 1. The lowest BCUT2D eigenvalue weighted by atomic mass is 10.1. The van der Waals surface area contributed by atoms with Gasteiger partial charge in [-0.1, -0.05) is 0 Å². The third-order valence-electron chi connectivity index (χ3n) is 3.07. The third-order valence-corrected chi connectivity index (χ3v) is 4.37. The van der Waals surface area contributed by atoms with E-state index < -0.39 is 35.0 Å². The van der Waals surface area contributed by atoms with Gasteiger partial charge in [-0.25, -0.2) is 9.59 Å². The lowest BCUT2D eigenvalue weighted by Crippen LogP contribution is -2.68. The van der Waals surface area contributed by atoms with Gasteiger partial charge in [0.05, 0.1) is 0 Å². The Hall–Kier alpha value is -2.47. The summed E-state index contributed by atoms with van der Waals surface area (Å²) in [7, 11) is 1.15. The molecule has 3 amide bonds. The Kier molecular flexibility index (Phi) is 6.42. The first kappa shape index (κ1) is 19.6. The predicted octanol–water partition coefficient (Wildman–Crippen LogP) is -1.95. The monoisotopic (exact) mass is 362 g/mol. The van der Waals surface area contributed by atoms with Gasteiger partial charge in [0.25, 0.3) is 11.6 Å². The lowest BCUT2D eigenvalue weighted by Gasteiger charge is -2.39. The number of thioether (sulfide) groups is 1. The molecule has 0 saturated carbocycles. The zero-order valence-corrected chi connectivity index (χ0v) is 13.8. The standard InChI is InChI=1S/C12H18N4O7S/c1-5(17)16-12(22-2,9(13)20)10-15-7(8(18)19)6(4-24-10)3-23-11(14)21/h10,15H,3-4H2,1-2H3,(H2,13,20)(H2,14,21)(H,16,17)(H,18,19). The van der Waals surface area contributed by atoms with Crippen molar-refractivity contribution in [2.24, 2.45) is 11.5 Å². The van der Waals surface area contributed by atoms with Crippen LogP contribution in [0.5, 0.6) is 0 Å². The molecule has 24 heavy (non-hydrogen) atoms. The Labute approximate surface area is 141 Å². The summed E-state index contributed by atoms with van der Waals surface area (Å²) in [6.07, 6.45) is -1.05. The molecule has 0 aromatic heterocycles. The van der Waals surface area contributed by atoms with Gasteiger partial charge in [-0.05, 0) is 0 Å². The topological polar surface area (TPSA) is 183 Å². The zero-order chi connectivity index (χ0) is 18.5. The molecule has 0 fully saturated rings. The van der Waals surface area contributed by atoms with Crippen LogP contribution in [0.15, 0.2) is 11.3 Å². The van der Waals surface area contributed by atoms with Crippen molar-refractivity contribution in [3.05, 3.63) is 11.3 Å². The summed E-state index contributed by atoms with van der Waals surface area (Å²) in [6, 6.07) is 0. The largest absolute Gasteiger partial charge is 0.477 e. The number of amides is 3. The van der Waals surface area contributed by atoms with Gasteiger partial charge in [0.2, 0.25) is 5.91 Å². The molecule has 0 aromatic rings. The Balaban J connectivity index is 3.15. The molecule has 1 heterocycles. The summed E-state index contributed by atoms with van der Waals surface area (Å²) in [5.41, 5.74) is 8.16. The molecule has 0 bridgehead atoms. The van der Waals surface area contributed by atoms with Crippen molar-refractivity contribution in [2.75, 3.05) is 19.5 Å². The van der Waals surface area contributed by atoms with E-state index in [1.807, 2.05) is 0 Å². The highest BCUT2D eigenvalue weighted by Crippen LogP contribution is 2.30. The molecule has 11 nitrogen and oxygen atoms in total. The number of rotatable bonds is 7. The molecule has 1 aliphatic heterocycles. The van der Waals surface area contributed by atoms with E-state index in [0.717, 1.165) is 25.8 Å². The average molecular weight is 362 g/mol. The molecular weight excluding hydrogens is 344 g/mol.